The maximum Gasteiger partial charge on any atom is 0.126 e. The van der Waals surface area contributed by atoms with E-state index in [1.54, 1.807) is 0 Å². The van der Waals surface area contributed by atoms with E-state index >= 15 is 0 Å². The molecule has 1 N–H and O–H groups in total. The quantitative estimate of drug-likeness (QED) is 0.806. The Labute approximate surface area is 90.9 Å². The third-order valence-electron chi connectivity index (χ3n) is 3.37. The van der Waals surface area contributed by atoms with Gasteiger partial charge in [-0.3, -0.25) is 0 Å². The standard InChI is InChI=1S/C13H18O2/c1-4-13(3)7-11-10(8-14)6-5-9(2)12(11)15-13/h5-6,14H,4,7-8H2,1-3H3. The predicted molar refractivity (Wildman–Crippen MR) is 60.1 cm³/mol. The SMILES string of the molecule is CCC1(C)Cc2c(CO)ccc(C)c2O1. The van der Waals surface area contributed by atoms with Crippen molar-refractivity contribution in [1.29, 1.82) is 0 Å². The van der Waals surface area contributed by atoms with Gasteiger partial charge in [0.15, 0.2) is 0 Å². The Morgan fingerprint density at radius 1 is 1.47 bits per heavy atom. The third kappa shape index (κ3) is 1.63. The van der Waals surface area contributed by atoms with Crippen LogP contribution < -0.4 is 4.74 Å². The van der Waals surface area contributed by atoms with Crippen LogP contribution in [0, 0.1) is 6.92 Å². The van der Waals surface area contributed by atoms with Crippen LogP contribution in [0.2, 0.25) is 0 Å². The van der Waals surface area contributed by atoms with Crippen LogP contribution >= 0.6 is 0 Å². The zero-order chi connectivity index (χ0) is 11.1. The predicted octanol–water partition coefficient (Wildman–Crippen LogP) is 2.59. The Bertz CT molecular complexity index is 384. The number of aliphatic hydroxyl groups is 1. The van der Waals surface area contributed by atoms with E-state index in [2.05, 4.69) is 20.8 Å². The van der Waals surface area contributed by atoms with Crippen molar-refractivity contribution in [3.63, 3.8) is 0 Å². The number of hydrogen-bond donors (Lipinski definition) is 1. The molecule has 82 valence electrons. The fourth-order valence-corrected chi connectivity index (χ4v) is 2.12. The number of benzene rings is 1. The van der Waals surface area contributed by atoms with E-state index < -0.39 is 0 Å². The highest BCUT2D eigenvalue weighted by Crippen LogP contribution is 2.40. The van der Waals surface area contributed by atoms with Crippen molar-refractivity contribution in [2.24, 2.45) is 0 Å². The van der Waals surface area contributed by atoms with E-state index in [0.29, 0.717) is 0 Å². The van der Waals surface area contributed by atoms with Gasteiger partial charge in [0, 0.05) is 12.0 Å². The molecular weight excluding hydrogens is 188 g/mol. The zero-order valence-electron chi connectivity index (χ0n) is 9.63. The second-order valence-electron chi connectivity index (χ2n) is 4.59. The summed E-state index contributed by atoms with van der Waals surface area (Å²) in [5, 5.41) is 9.28. The summed E-state index contributed by atoms with van der Waals surface area (Å²) in [6.07, 6.45) is 1.91. The lowest BCUT2D eigenvalue weighted by Gasteiger charge is -2.21. The van der Waals surface area contributed by atoms with Crippen molar-refractivity contribution in [3.8, 4) is 5.75 Å². The second-order valence-corrected chi connectivity index (χ2v) is 4.59. The van der Waals surface area contributed by atoms with Crippen LogP contribution in [0.3, 0.4) is 0 Å². The van der Waals surface area contributed by atoms with Crippen molar-refractivity contribution in [3.05, 3.63) is 28.8 Å². The average molecular weight is 206 g/mol. The summed E-state index contributed by atoms with van der Waals surface area (Å²) in [6, 6.07) is 4.02. The summed E-state index contributed by atoms with van der Waals surface area (Å²) in [5.41, 5.74) is 3.28. The molecule has 0 saturated heterocycles. The Hall–Kier alpha value is -1.02. The number of aryl methyl sites for hydroxylation is 1. The average Bonchev–Trinajstić information content (AvgIpc) is 2.59. The molecule has 2 heteroatoms. The van der Waals surface area contributed by atoms with Gasteiger partial charge in [0.05, 0.1) is 6.61 Å². The lowest BCUT2D eigenvalue weighted by atomic mass is 9.93. The molecular formula is C13H18O2. The van der Waals surface area contributed by atoms with E-state index in [4.69, 9.17) is 4.74 Å². The van der Waals surface area contributed by atoms with Crippen molar-refractivity contribution >= 4 is 0 Å². The van der Waals surface area contributed by atoms with Gasteiger partial charge < -0.3 is 9.84 Å². The van der Waals surface area contributed by atoms with Crippen LogP contribution in [0.1, 0.15) is 37.0 Å². The molecule has 1 aromatic carbocycles. The third-order valence-corrected chi connectivity index (χ3v) is 3.37. The molecule has 0 aliphatic carbocycles. The molecule has 1 atom stereocenters. The Morgan fingerprint density at radius 3 is 2.80 bits per heavy atom. The summed E-state index contributed by atoms with van der Waals surface area (Å²) in [7, 11) is 0. The number of rotatable bonds is 2. The number of hydrogen-bond acceptors (Lipinski definition) is 2. The number of ether oxygens (including phenoxy) is 1. The fourth-order valence-electron chi connectivity index (χ4n) is 2.12. The van der Waals surface area contributed by atoms with Gasteiger partial charge in [0.1, 0.15) is 11.4 Å². The minimum absolute atomic E-state index is 0.0850. The highest BCUT2D eigenvalue weighted by atomic mass is 16.5. The van der Waals surface area contributed by atoms with Crippen molar-refractivity contribution in [2.45, 2.75) is 45.8 Å². The second kappa shape index (κ2) is 3.53. The van der Waals surface area contributed by atoms with E-state index in [-0.39, 0.29) is 12.2 Å². The highest BCUT2D eigenvalue weighted by molar-refractivity contribution is 5.49. The minimum Gasteiger partial charge on any atom is -0.487 e. The Morgan fingerprint density at radius 2 is 2.20 bits per heavy atom. The molecule has 1 heterocycles. The van der Waals surface area contributed by atoms with Gasteiger partial charge in [-0.05, 0) is 31.4 Å². The van der Waals surface area contributed by atoms with E-state index in [1.165, 1.54) is 11.1 Å². The smallest absolute Gasteiger partial charge is 0.126 e. The first kappa shape index (κ1) is 10.5. The van der Waals surface area contributed by atoms with Crippen LogP contribution in [-0.2, 0) is 13.0 Å². The van der Waals surface area contributed by atoms with E-state index in [0.717, 1.165) is 24.2 Å². The highest BCUT2D eigenvalue weighted by Gasteiger charge is 2.35. The van der Waals surface area contributed by atoms with E-state index in [9.17, 15) is 5.11 Å². The van der Waals surface area contributed by atoms with Gasteiger partial charge in [0.25, 0.3) is 0 Å². The molecule has 0 aromatic heterocycles. The fraction of sp³-hybridized carbons (Fsp3) is 0.538. The molecule has 1 aliphatic rings. The van der Waals surface area contributed by atoms with Crippen molar-refractivity contribution in [1.82, 2.24) is 0 Å². The summed E-state index contributed by atoms with van der Waals surface area (Å²) >= 11 is 0. The zero-order valence-corrected chi connectivity index (χ0v) is 9.63. The Balaban J connectivity index is 2.48. The number of aliphatic hydroxyl groups excluding tert-OH is 1. The molecule has 2 nitrogen and oxygen atoms in total. The molecule has 15 heavy (non-hydrogen) atoms. The molecule has 0 saturated carbocycles. The summed E-state index contributed by atoms with van der Waals surface area (Å²) in [6.45, 7) is 6.43. The summed E-state index contributed by atoms with van der Waals surface area (Å²) in [4.78, 5) is 0. The molecule has 2 rings (SSSR count). The molecule has 1 aromatic rings. The van der Waals surface area contributed by atoms with Crippen LogP contribution in [0.25, 0.3) is 0 Å². The topological polar surface area (TPSA) is 29.5 Å². The summed E-state index contributed by atoms with van der Waals surface area (Å²) < 4.78 is 6.01. The van der Waals surface area contributed by atoms with Gasteiger partial charge >= 0.3 is 0 Å². The maximum absolute atomic E-state index is 9.28. The lowest BCUT2D eigenvalue weighted by Crippen LogP contribution is -2.28. The molecule has 0 spiro atoms. The number of fused-ring (bicyclic) bond motifs is 1. The van der Waals surface area contributed by atoms with Gasteiger partial charge in [0.2, 0.25) is 0 Å². The molecule has 1 aliphatic heterocycles. The van der Waals surface area contributed by atoms with Crippen LogP contribution in [0.4, 0.5) is 0 Å². The largest absolute Gasteiger partial charge is 0.487 e. The maximum atomic E-state index is 9.28. The minimum atomic E-state index is -0.0850. The van der Waals surface area contributed by atoms with Crippen molar-refractivity contribution in [2.75, 3.05) is 0 Å². The van der Waals surface area contributed by atoms with Crippen LogP contribution in [0.15, 0.2) is 12.1 Å². The van der Waals surface area contributed by atoms with Crippen LogP contribution in [0.5, 0.6) is 5.75 Å². The van der Waals surface area contributed by atoms with Gasteiger partial charge in [-0.15, -0.1) is 0 Å². The first-order valence-corrected chi connectivity index (χ1v) is 5.51. The first-order chi connectivity index (χ1) is 7.09. The molecule has 0 bridgehead atoms. The Kier molecular flexibility index (Phi) is 2.47. The van der Waals surface area contributed by atoms with Gasteiger partial charge in [-0.25, -0.2) is 0 Å². The molecule has 0 amide bonds. The monoisotopic (exact) mass is 206 g/mol. The molecule has 1 unspecified atom stereocenters. The van der Waals surface area contributed by atoms with E-state index in [1.807, 2.05) is 12.1 Å². The molecule has 0 radical (unpaired) electrons. The summed E-state index contributed by atoms with van der Waals surface area (Å²) in [5.74, 6) is 0.992. The van der Waals surface area contributed by atoms with Gasteiger partial charge in [-0.2, -0.15) is 0 Å². The van der Waals surface area contributed by atoms with Crippen molar-refractivity contribution < 1.29 is 9.84 Å². The first-order valence-electron chi connectivity index (χ1n) is 5.51. The van der Waals surface area contributed by atoms with Crippen LogP contribution in [-0.4, -0.2) is 10.7 Å². The normalized spacial score (nSPS) is 23.7. The molecule has 0 fully saturated rings. The van der Waals surface area contributed by atoms with Gasteiger partial charge in [-0.1, -0.05) is 19.1 Å². The lowest BCUT2D eigenvalue weighted by molar-refractivity contribution is 0.111.